The molecule has 5 N–H and O–H groups in total. The first-order valence-corrected chi connectivity index (χ1v) is 22.9. The van der Waals surface area contributed by atoms with Crippen LogP contribution in [-0.4, -0.2) is 71.1 Å². The summed E-state index contributed by atoms with van der Waals surface area (Å²) in [5.74, 6) is -2.59. The van der Waals surface area contributed by atoms with Crippen molar-refractivity contribution in [2.24, 2.45) is 5.73 Å². The maximum Gasteiger partial charge on any atom is 0.472 e. The summed E-state index contributed by atoms with van der Waals surface area (Å²) in [7, 11) is -4.76. The van der Waals surface area contributed by atoms with Crippen LogP contribution in [0.5, 0.6) is 0 Å². The highest BCUT2D eigenvalue weighted by Crippen LogP contribution is 2.43. The first kappa shape index (κ1) is 55.4. The molecule has 0 fully saturated rings. The summed E-state index contributed by atoms with van der Waals surface area (Å²) >= 11 is 0. The molecule has 13 heteroatoms. The largest absolute Gasteiger partial charge is 0.480 e. The quantitative estimate of drug-likeness (QED) is 0.0151. The summed E-state index contributed by atoms with van der Waals surface area (Å²) in [6, 6.07) is -1.55. The Morgan fingerprint density at radius 3 is 1.63 bits per heavy atom. The number of carboxylic acid groups (broad SMARTS) is 1. The molecule has 1 unspecified atom stereocenters. The molecule has 0 aromatic carbocycles. The minimum absolute atomic E-state index is 0.0548. The Balaban J connectivity index is 4.65. The van der Waals surface area contributed by atoms with Crippen LogP contribution in [0, 0.1) is 0 Å². The van der Waals surface area contributed by atoms with E-state index in [2.05, 4.69) is 60.9 Å². The van der Waals surface area contributed by atoms with Crippen molar-refractivity contribution in [3.8, 4) is 0 Å². The number of hydrogen-bond acceptors (Lipinski definition) is 10. The Morgan fingerprint density at radius 1 is 0.610 bits per heavy atom. The fourth-order valence-electron chi connectivity index (χ4n) is 4.95. The van der Waals surface area contributed by atoms with E-state index in [1.807, 2.05) is 48.6 Å². The Labute approximate surface area is 354 Å². The molecule has 0 radical (unpaired) electrons. The molecule has 0 aliphatic rings. The van der Waals surface area contributed by atoms with Crippen molar-refractivity contribution < 1.29 is 52.6 Å². The third-order valence-electron chi connectivity index (χ3n) is 8.39. The van der Waals surface area contributed by atoms with Crippen molar-refractivity contribution in [2.45, 2.75) is 154 Å². The van der Waals surface area contributed by atoms with E-state index in [9.17, 15) is 28.9 Å². The number of nitrogens with two attached hydrogens (primary N) is 1. The second-order valence-electron chi connectivity index (χ2n) is 14.0. The summed E-state index contributed by atoms with van der Waals surface area (Å²) in [6.45, 7) is 2.52. The van der Waals surface area contributed by atoms with Gasteiger partial charge in [0.05, 0.1) is 19.3 Å². The van der Waals surface area contributed by atoms with Gasteiger partial charge in [-0.05, 0) is 83.5 Å². The topological polar surface area (TPSA) is 192 Å². The second kappa shape index (κ2) is 39.8. The lowest BCUT2D eigenvalue weighted by molar-refractivity contribution is -0.161. The van der Waals surface area contributed by atoms with E-state index >= 15 is 0 Å². The Hall–Kier alpha value is -3.64. The van der Waals surface area contributed by atoms with Crippen LogP contribution < -0.4 is 5.73 Å². The van der Waals surface area contributed by atoms with Gasteiger partial charge in [-0.3, -0.25) is 23.4 Å². The number of unbranched alkanes of at least 4 members (excludes halogenated alkanes) is 8. The van der Waals surface area contributed by atoms with Gasteiger partial charge < -0.3 is 30.3 Å². The highest BCUT2D eigenvalue weighted by atomic mass is 31.2. The van der Waals surface area contributed by atoms with Gasteiger partial charge in [0, 0.05) is 12.8 Å². The van der Waals surface area contributed by atoms with Crippen molar-refractivity contribution in [1.29, 1.82) is 0 Å². The number of rotatable bonds is 38. The van der Waals surface area contributed by atoms with Crippen molar-refractivity contribution in [3.05, 3.63) is 97.2 Å². The summed E-state index contributed by atoms with van der Waals surface area (Å²) in [6.07, 6.45) is 46.5. The van der Waals surface area contributed by atoms with Crippen LogP contribution in [0.1, 0.15) is 136 Å². The normalized spacial score (nSPS) is 15.2. The molecule has 59 heavy (non-hydrogen) atoms. The third-order valence-corrected chi connectivity index (χ3v) is 9.34. The van der Waals surface area contributed by atoms with Gasteiger partial charge >= 0.3 is 25.7 Å². The number of aliphatic hydroxyl groups excluding tert-OH is 1. The zero-order chi connectivity index (χ0) is 43.7. The molecule has 0 bridgehead atoms. The minimum Gasteiger partial charge on any atom is -0.480 e. The van der Waals surface area contributed by atoms with E-state index in [0.29, 0.717) is 38.5 Å². The number of aliphatic hydroxyl groups is 1. The number of hydrogen-bond donors (Lipinski definition) is 4. The molecule has 12 nitrogen and oxygen atoms in total. The molecular weight excluding hydrogens is 773 g/mol. The van der Waals surface area contributed by atoms with E-state index < -0.39 is 63.8 Å². The number of carboxylic acids is 1. The number of phosphoric ester groups is 1. The molecular formula is C46H74NO11P. The Bertz CT molecular complexity index is 1380. The van der Waals surface area contributed by atoms with Gasteiger partial charge in [0.25, 0.3) is 0 Å². The van der Waals surface area contributed by atoms with Gasteiger partial charge in [0.2, 0.25) is 0 Å². The summed E-state index contributed by atoms with van der Waals surface area (Å²) in [4.78, 5) is 45.9. The van der Waals surface area contributed by atoms with E-state index in [-0.39, 0.29) is 12.8 Å². The van der Waals surface area contributed by atoms with Crippen molar-refractivity contribution in [3.63, 3.8) is 0 Å². The number of allylic oxidation sites excluding steroid dienone is 14. The van der Waals surface area contributed by atoms with Crippen LogP contribution in [0.3, 0.4) is 0 Å². The number of carbonyl (C=O) groups excluding carboxylic acids is 2. The first-order chi connectivity index (χ1) is 28.5. The number of ether oxygens (including phenoxy) is 2. The van der Waals surface area contributed by atoms with Crippen LogP contribution in [0.4, 0.5) is 0 Å². The molecule has 0 saturated carbocycles. The van der Waals surface area contributed by atoms with E-state index in [1.54, 1.807) is 6.08 Å². The molecule has 0 heterocycles. The maximum atomic E-state index is 12.6. The molecule has 0 aromatic heterocycles. The average molecular weight is 848 g/mol. The van der Waals surface area contributed by atoms with Crippen molar-refractivity contribution >= 4 is 25.7 Å². The Morgan fingerprint density at radius 2 is 1.08 bits per heavy atom. The Kier molecular flexibility index (Phi) is 37.3. The lowest BCUT2D eigenvalue weighted by Crippen LogP contribution is -2.34. The minimum atomic E-state index is -4.76. The third kappa shape index (κ3) is 39.6. The van der Waals surface area contributed by atoms with E-state index in [1.165, 1.54) is 38.5 Å². The lowest BCUT2D eigenvalue weighted by atomic mass is 10.2. The van der Waals surface area contributed by atoms with Gasteiger partial charge in [0.15, 0.2) is 6.10 Å². The zero-order valence-electron chi connectivity index (χ0n) is 35.7. The zero-order valence-corrected chi connectivity index (χ0v) is 36.6. The van der Waals surface area contributed by atoms with E-state index in [0.717, 1.165) is 32.1 Å². The van der Waals surface area contributed by atoms with Gasteiger partial charge in [-0.2, -0.15) is 0 Å². The highest BCUT2D eigenvalue weighted by Gasteiger charge is 2.28. The molecule has 334 valence electrons. The molecule has 0 saturated heterocycles. The summed E-state index contributed by atoms with van der Waals surface area (Å²) < 4.78 is 32.5. The van der Waals surface area contributed by atoms with Crippen LogP contribution in [-0.2, 0) is 37.5 Å². The summed E-state index contributed by atoms with van der Waals surface area (Å²) in [5, 5.41) is 18.9. The number of esters is 2. The fourth-order valence-corrected chi connectivity index (χ4v) is 5.73. The van der Waals surface area contributed by atoms with Crippen LogP contribution >= 0.6 is 7.82 Å². The standard InChI is InChI=1S/C46H74NO11P/c1-3-5-7-9-11-12-13-14-15-16-17-18-19-20-24-29-33-37-45(50)58-42(39-56-59(53,54)57-40-43(47)46(51)52)38-55-44(49)36-32-28-25-21-23-27-31-35-41(48)34-30-26-22-10-8-6-4-2/h11-12,14-15,17-18,20-22,24-27,30-31,34,41-43,48H,3-10,13,16,19,23,28-29,32-33,35-40,47H2,1-2H3,(H,51,52)(H,53,54)/b12-11-,15-14-,18-17-,24-20-,25-21+,26-22-,31-27-,34-30-/t41-,42-,43+/m1/s1. The number of aliphatic carboxylic acids is 1. The summed E-state index contributed by atoms with van der Waals surface area (Å²) in [5.41, 5.74) is 5.32. The molecule has 0 aromatic rings. The van der Waals surface area contributed by atoms with Gasteiger partial charge in [-0.15, -0.1) is 0 Å². The maximum absolute atomic E-state index is 12.6. The van der Waals surface area contributed by atoms with Crippen LogP contribution in [0.15, 0.2) is 97.2 Å². The SMILES string of the molecule is CCCCC/C=C\C=C/[C@@H](O)C/C=C\C/C=C/CCCC(=O)OC[C@H](COP(=O)(O)OC[C@H](N)C(=O)O)OC(=O)CCC/C=C\C/C=C\C/C=C\C/C=C\CCCCC. The second-order valence-corrected chi connectivity index (χ2v) is 15.4. The molecule has 0 aliphatic carbocycles. The molecule has 4 atom stereocenters. The lowest BCUT2D eigenvalue weighted by Gasteiger charge is -2.20. The van der Waals surface area contributed by atoms with Gasteiger partial charge in [0.1, 0.15) is 12.6 Å². The van der Waals surface area contributed by atoms with Gasteiger partial charge in [-0.25, -0.2) is 4.57 Å². The van der Waals surface area contributed by atoms with Crippen LogP contribution in [0.2, 0.25) is 0 Å². The fraction of sp³-hybridized carbons (Fsp3) is 0.587. The van der Waals surface area contributed by atoms with Gasteiger partial charge in [-0.1, -0.05) is 137 Å². The molecule has 0 rings (SSSR count). The smallest absolute Gasteiger partial charge is 0.472 e. The molecule has 0 aliphatic heterocycles. The average Bonchev–Trinajstić information content (AvgIpc) is 3.21. The number of carbonyl (C=O) groups is 3. The number of phosphoric acid groups is 1. The molecule has 0 amide bonds. The van der Waals surface area contributed by atoms with E-state index in [4.69, 9.17) is 24.8 Å². The van der Waals surface area contributed by atoms with Crippen LogP contribution in [0.25, 0.3) is 0 Å². The predicted molar refractivity (Wildman–Crippen MR) is 236 cm³/mol. The van der Waals surface area contributed by atoms with Crippen molar-refractivity contribution in [2.75, 3.05) is 19.8 Å². The monoisotopic (exact) mass is 847 g/mol. The predicted octanol–water partition coefficient (Wildman–Crippen LogP) is 10.2. The first-order valence-electron chi connectivity index (χ1n) is 21.4. The molecule has 0 spiro atoms. The highest BCUT2D eigenvalue weighted by molar-refractivity contribution is 7.47. The van der Waals surface area contributed by atoms with Crippen molar-refractivity contribution in [1.82, 2.24) is 0 Å².